The normalized spacial score (nSPS) is 12.4. The van der Waals surface area contributed by atoms with Crippen molar-refractivity contribution in [3.63, 3.8) is 0 Å². The van der Waals surface area contributed by atoms with Crippen LogP contribution in [0.25, 0.3) is 0 Å². The molecule has 7 nitrogen and oxygen atoms in total. The lowest BCUT2D eigenvalue weighted by Gasteiger charge is -2.33. The summed E-state index contributed by atoms with van der Waals surface area (Å²) in [4.78, 5) is 27.9. The number of benzene rings is 2. The van der Waals surface area contributed by atoms with E-state index in [2.05, 4.69) is 5.32 Å². The standard InChI is InChI=1S/C23H28Cl3N3O4S/c1-5-20(23(31)27-15(2)3)28(13-16-10-11-17(24)12-19(16)26)22(30)14-29(34(4,32)33)21-9-7-6-8-18(21)25/h6-12,15,20H,5,13-14H2,1-4H3,(H,27,31)/t20-/m1/s1. The second kappa shape index (κ2) is 12.1. The van der Waals surface area contributed by atoms with Crippen molar-refractivity contribution in [2.45, 2.75) is 45.8 Å². The third kappa shape index (κ3) is 7.50. The van der Waals surface area contributed by atoms with Crippen LogP contribution < -0.4 is 9.62 Å². The van der Waals surface area contributed by atoms with Crippen molar-refractivity contribution in [3.05, 3.63) is 63.1 Å². The van der Waals surface area contributed by atoms with E-state index < -0.39 is 28.5 Å². The Morgan fingerprint density at radius 3 is 2.21 bits per heavy atom. The molecule has 2 aromatic carbocycles. The zero-order chi connectivity index (χ0) is 25.6. The summed E-state index contributed by atoms with van der Waals surface area (Å²) in [5.74, 6) is -0.929. The molecule has 1 N–H and O–H groups in total. The van der Waals surface area contributed by atoms with Gasteiger partial charge in [0.05, 0.1) is 17.0 Å². The van der Waals surface area contributed by atoms with Crippen molar-refractivity contribution in [3.8, 4) is 0 Å². The SMILES string of the molecule is CC[C@H](C(=O)NC(C)C)N(Cc1ccc(Cl)cc1Cl)C(=O)CN(c1ccccc1Cl)S(C)(=O)=O. The van der Waals surface area contributed by atoms with Gasteiger partial charge in [0.25, 0.3) is 0 Å². The number of hydrogen-bond donors (Lipinski definition) is 1. The van der Waals surface area contributed by atoms with Crippen molar-refractivity contribution < 1.29 is 18.0 Å². The number of amides is 2. The van der Waals surface area contributed by atoms with Gasteiger partial charge in [-0.3, -0.25) is 13.9 Å². The summed E-state index contributed by atoms with van der Waals surface area (Å²) in [6, 6.07) is 10.2. The molecule has 2 aromatic rings. The number of carbonyl (C=O) groups is 2. The number of hydrogen-bond acceptors (Lipinski definition) is 4. The second-order valence-electron chi connectivity index (χ2n) is 8.07. The van der Waals surface area contributed by atoms with Crippen molar-refractivity contribution in [1.82, 2.24) is 10.2 Å². The number of rotatable bonds is 10. The van der Waals surface area contributed by atoms with Gasteiger partial charge >= 0.3 is 0 Å². The van der Waals surface area contributed by atoms with Gasteiger partial charge in [-0.25, -0.2) is 8.42 Å². The number of carbonyl (C=O) groups excluding carboxylic acids is 2. The van der Waals surface area contributed by atoms with E-state index in [0.717, 1.165) is 10.6 Å². The van der Waals surface area contributed by atoms with Crippen molar-refractivity contribution >= 4 is 62.3 Å². The molecule has 2 rings (SSSR count). The number of nitrogens with one attached hydrogen (secondary N) is 1. The van der Waals surface area contributed by atoms with Crippen LogP contribution in [0.3, 0.4) is 0 Å². The average Bonchev–Trinajstić information content (AvgIpc) is 2.72. The first-order valence-corrected chi connectivity index (χ1v) is 13.6. The van der Waals surface area contributed by atoms with Crippen LogP contribution in [0.1, 0.15) is 32.8 Å². The van der Waals surface area contributed by atoms with Crippen LogP contribution in [-0.2, 0) is 26.2 Å². The molecule has 34 heavy (non-hydrogen) atoms. The molecule has 2 amide bonds. The van der Waals surface area contributed by atoms with Gasteiger partial charge < -0.3 is 10.2 Å². The highest BCUT2D eigenvalue weighted by Gasteiger charge is 2.32. The first-order valence-electron chi connectivity index (χ1n) is 10.6. The van der Waals surface area contributed by atoms with Crippen LogP contribution in [0, 0.1) is 0 Å². The molecule has 186 valence electrons. The lowest BCUT2D eigenvalue weighted by atomic mass is 10.1. The zero-order valence-corrected chi connectivity index (χ0v) is 22.5. The first kappa shape index (κ1) is 28.2. The summed E-state index contributed by atoms with van der Waals surface area (Å²) in [5.41, 5.74) is 0.739. The summed E-state index contributed by atoms with van der Waals surface area (Å²) < 4.78 is 26.1. The van der Waals surface area contributed by atoms with Crippen molar-refractivity contribution in [1.29, 1.82) is 0 Å². The maximum Gasteiger partial charge on any atom is 0.244 e. The fourth-order valence-electron chi connectivity index (χ4n) is 3.38. The Balaban J connectivity index is 2.49. The van der Waals surface area contributed by atoms with Gasteiger partial charge in [-0.15, -0.1) is 0 Å². The quantitative estimate of drug-likeness (QED) is 0.464. The van der Waals surface area contributed by atoms with Crippen LogP contribution in [0.4, 0.5) is 5.69 Å². The molecule has 0 aliphatic rings. The molecular weight excluding hydrogens is 521 g/mol. The van der Waals surface area contributed by atoms with E-state index in [9.17, 15) is 18.0 Å². The average molecular weight is 549 g/mol. The topological polar surface area (TPSA) is 86.8 Å². The van der Waals surface area contributed by atoms with Gasteiger partial charge in [-0.2, -0.15) is 0 Å². The van der Waals surface area contributed by atoms with Crippen LogP contribution in [-0.4, -0.2) is 50.0 Å². The van der Waals surface area contributed by atoms with Crippen LogP contribution in [0.5, 0.6) is 0 Å². The Kier molecular flexibility index (Phi) is 10.1. The Hall–Kier alpha value is -2.00. The minimum Gasteiger partial charge on any atom is -0.352 e. The highest BCUT2D eigenvalue weighted by Crippen LogP contribution is 2.28. The molecule has 0 heterocycles. The molecular formula is C23H28Cl3N3O4S. The molecule has 0 aliphatic carbocycles. The summed E-state index contributed by atoms with van der Waals surface area (Å²) >= 11 is 18.6. The van der Waals surface area contributed by atoms with E-state index in [1.807, 2.05) is 13.8 Å². The molecule has 0 aromatic heterocycles. The number of sulfonamides is 1. The molecule has 0 saturated carbocycles. The second-order valence-corrected chi connectivity index (χ2v) is 11.2. The molecule has 0 aliphatic heterocycles. The smallest absolute Gasteiger partial charge is 0.244 e. The van der Waals surface area contributed by atoms with Gasteiger partial charge in [0, 0.05) is 22.6 Å². The summed E-state index contributed by atoms with van der Waals surface area (Å²) in [6.45, 7) is 4.85. The van der Waals surface area contributed by atoms with Gasteiger partial charge in [-0.1, -0.05) is 59.9 Å². The predicted molar refractivity (Wildman–Crippen MR) is 138 cm³/mol. The van der Waals surface area contributed by atoms with Crippen LogP contribution in [0.15, 0.2) is 42.5 Å². The number of nitrogens with zero attached hydrogens (tertiary/aromatic N) is 2. The molecule has 0 unspecified atom stereocenters. The van der Waals surface area contributed by atoms with E-state index in [4.69, 9.17) is 34.8 Å². The number of para-hydroxylation sites is 1. The van der Waals surface area contributed by atoms with E-state index in [-0.39, 0.29) is 29.2 Å². The molecule has 0 fully saturated rings. The highest BCUT2D eigenvalue weighted by atomic mass is 35.5. The summed E-state index contributed by atoms with van der Waals surface area (Å²) in [6.07, 6.45) is 1.30. The van der Waals surface area contributed by atoms with Crippen molar-refractivity contribution in [2.24, 2.45) is 0 Å². The maximum absolute atomic E-state index is 13.6. The third-order valence-electron chi connectivity index (χ3n) is 4.97. The van der Waals surface area contributed by atoms with Gasteiger partial charge in [0.2, 0.25) is 21.8 Å². The van der Waals surface area contributed by atoms with Crippen LogP contribution in [0.2, 0.25) is 15.1 Å². The molecule has 0 saturated heterocycles. The summed E-state index contributed by atoms with van der Waals surface area (Å²) in [7, 11) is -3.87. The zero-order valence-electron chi connectivity index (χ0n) is 19.4. The van der Waals surface area contributed by atoms with E-state index >= 15 is 0 Å². The minimum atomic E-state index is -3.87. The largest absolute Gasteiger partial charge is 0.352 e. The molecule has 1 atom stereocenters. The molecule has 11 heteroatoms. The lowest BCUT2D eigenvalue weighted by Crippen LogP contribution is -2.53. The van der Waals surface area contributed by atoms with E-state index in [0.29, 0.717) is 22.0 Å². The predicted octanol–water partition coefficient (Wildman–Crippen LogP) is 4.74. The number of anilines is 1. The van der Waals surface area contributed by atoms with Gasteiger partial charge in [0.15, 0.2) is 0 Å². The fourth-order valence-corrected chi connectivity index (χ4v) is 5.00. The van der Waals surface area contributed by atoms with E-state index in [1.165, 1.54) is 17.0 Å². The van der Waals surface area contributed by atoms with Gasteiger partial charge in [-0.05, 0) is 50.1 Å². The molecule has 0 spiro atoms. The summed E-state index contributed by atoms with van der Waals surface area (Å²) in [5, 5.41) is 3.76. The minimum absolute atomic E-state index is 0.0149. The molecule has 0 bridgehead atoms. The number of halogens is 3. The van der Waals surface area contributed by atoms with Crippen LogP contribution >= 0.6 is 34.8 Å². The fraction of sp³-hybridized carbons (Fsp3) is 0.391. The lowest BCUT2D eigenvalue weighted by molar-refractivity contribution is -0.140. The highest BCUT2D eigenvalue weighted by molar-refractivity contribution is 7.92. The van der Waals surface area contributed by atoms with E-state index in [1.54, 1.807) is 37.3 Å². The Morgan fingerprint density at radius 1 is 1.03 bits per heavy atom. The Morgan fingerprint density at radius 2 is 1.68 bits per heavy atom. The maximum atomic E-state index is 13.6. The van der Waals surface area contributed by atoms with Crippen molar-refractivity contribution in [2.75, 3.05) is 17.1 Å². The first-order chi connectivity index (χ1) is 15.8. The Labute approximate surface area is 216 Å². The monoisotopic (exact) mass is 547 g/mol. The third-order valence-corrected chi connectivity index (χ3v) is 7.01. The Bertz CT molecular complexity index is 1140. The van der Waals surface area contributed by atoms with Gasteiger partial charge in [0.1, 0.15) is 12.6 Å². The molecule has 0 radical (unpaired) electrons.